The van der Waals surface area contributed by atoms with E-state index in [0.717, 1.165) is 26.2 Å². The predicted molar refractivity (Wildman–Crippen MR) is 89.9 cm³/mol. The van der Waals surface area contributed by atoms with E-state index < -0.39 is 0 Å². The van der Waals surface area contributed by atoms with Crippen LogP contribution in [0.2, 0.25) is 0 Å². The van der Waals surface area contributed by atoms with Gasteiger partial charge in [0.1, 0.15) is 0 Å². The van der Waals surface area contributed by atoms with Crippen molar-refractivity contribution in [2.45, 2.75) is 13.5 Å². The Morgan fingerprint density at radius 1 is 0.762 bits per heavy atom. The van der Waals surface area contributed by atoms with Crippen molar-refractivity contribution in [1.29, 1.82) is 0 Å². The maximum atomic E-state index is 5.65. The molecular formula is C18H23N3. The van der Waals surface area contributed by atoms with Crippen LogP contribution in [0.1, 0.15) is 11.1 Å². The molecule has 3 nitrogen and oxygen atoms in total. The molecule has 1 aliphatic heterocycles. The lowest BCUT2D eigenvalue weighted by Crippen LogP contribution is -2.46. The van der Waals surface area contributed by atoms with Gasteiger partial charge in [0.2, 0.25) is 0 Å². The van der Waals surface area contributed by atoms with Crippen molar-refractivity contribution >= 4 is 11.4 Å². The van der Waals surface area contributed by atoms with Gasteiger partial charge in [-0.2, -0.15) is 0 Å². The summed E-state index contributed by atoms with van der Waals surface area (Å²) < 4.78 is 0. The number of piperazine rings is 1. The Kier molecular flexibility index (Phi) is 4.11. The minimum Gasteiger partial charge on any atom is -0.368 e. The van der Waals surface area contributed by atoms with Crippen molar-refractivity contribution in [3.63, 3.8) is 0 Å². The topological polar surface area (TPSA) is 32.5 Å². The Hall–Kier alpha value is -2.00. The number of hydrogen-bond donors (Lipinski definition) is 1. The van der Waals surface area contributed by atoms with Crippen LogP contribution in [0.15, 0.2) is 48.5 Å². The first-order valence-electron chi connectivity index (χ1n) is 7.62. The highest BCUT2D eigenvalue weighted by Crippen LogP contribution is 2.21. The molecule has 0 spiro atoms. The van der Waals surface area contributed by atoms with E-state index in [2.05, 4.69) is 65.3 Å². The van der Waals surface area contributed by atoms with Gasteiger partial charge in [-0.05, 0) is 36.8 Å². The van der Waals surface area contributed by atoms with E-state index >= 15 is 0 Å². The maximum Gasteiger partial charge on any atom is 0.0367 e. The predicted octanol–water partition coefficient (Wildman–Crippen LogP) is 2.78. The Morgan fingerprint density at radius 3 is 1.62 bits per heavy atom. The summed E-state index contributed by atoms with van der Waals surface area (Å²) in [6.45, 7) is 7.02. The molecule has 2 aromatic rings. The molecule has 21 heavy (non-hydrogen) atoms. The molecule has 0 unspecified atom stereocenters. The molecule has 3 rings (SSSR count). The maximum absolute atomic E-state index is 5.65. The molecule has 2 N–H and O–H groups in total. The highest BCUT2D eigenvalue weighted by Gasteiger charge is 2.17. The molecule has 0 radical (unpaired) electrons. The van der Waals surface area contributed by atoms with Crippen molar-refractivity contribution in [1.82, 2.24) is 0 Å². The average Bonchev–Trinajstić information content (AvgIpc) is 2.56. The third kappa shape index (κ3) is 3.19. The number of hydrogen-bond acceptors (Lipinski definition) is 3. The van der Waals surface area contributed by atoms with Gasteiger partial charge >= 0.3 is 0 Å². The molecule has 0 amide bonds. The van der Waals surface area contributed by atoms with Gasteiger partial charge in [-0.15, -0.1) is 0 Å². The summed E-state index contributed by atoms with van der Waals surface area (Å²) >= 11 is 0. The fraction of sp³-hybridized carbons (Fsp3) is 0.333. The highest BCUT2D eigenvalue weighted by molar-refractivity contribution is 5.52. The van der Waals surface area contributed by atoms with Gasteiger partial charge in [0.25, 0.3) is 0 Å². The van der Waals surface area contributed by atoms with Gasteiger partial charge < -0.3 is 15.5 Å². The summed E-state index contributed by atoms with van der Waals surface area (Å²) in [5.74, 6) is 0. The van der Waals surface area contributed by atoms with Crippen molar-refractivity contribution in [2.24, 2.45) is 5.73 Å². The first-order valence-corrected chi connectivity index (χ1v) is 7.62. The van der Waals surface area contributed by atoms with Gasteiger partial charge in [-0.1, -0.05) is 29.8 Å². The van der Waals surface area contributed by atoms with E-state index in [-0.39, 0.29) is 0 Å². The van der Waals surface area contributed by atoms with Crippen molar-refractivity contribution in [2.75, 3.05) is 36.0 Å². The number of aryl methyl sites for hydroxylation is 1. The summed E-state index contributed by atoms with van der Waals surface area (Å²) in [6, 6.07) is 17.4. The summed E-state index contributed by atoms with van der Waals surface area (Å²) in [6.07, 6.45) is 0. The van der Waals surface area contributed by atoms with Crippen LogP contribution in [0.3, 0.4) is 0 Å². The smallest absolute Gasteiger partial charge is 0.0367 e. The first-order chi connectivity index (χ1) is 10.3. The number of nitrogens with zero attached hydrogens (tertiary/aromatic N) is 2. The van der Waals surface area contributed by atoms with E-state index in [4.69, 9.17) is 5.73 Å². The van der Waals surface area contributed by atoms with E-state index in [0.29, 0.717) is 6.54 Å². The van der Waals surface area contributed by atoms with Crippen LogP contribution in [0, 0.1) is 6.92 Å². The summed E-state index contributed by atoms with van der Waals surface area (Å²) in [4.78, 5) is 4.91. The second-order valence-electron chi connectivity index (χ2n) is 5.68. The normalized spacial score (nSPS) is 15.3. The van der Waals surface area contributed by atoms with Crippen LogP contribution in [0.4, 0.5) is 11.4 Å². The Labute approximate surface area is 127 Å². The quantitative estimate of drug-likeness (QED) is 0.939. The van der Waals surface area contributed by atoms with E-state index in [1.807, 2.05) is 0 Å². The number of rotatable bonds is 3. The molecule has 0 saturated carbocycles. The lowest BCUT2D eigenvalue weighted by molar-refractivity contribution is 0.653. The van der Waals surface area contributed by atoms with Crippen LogP contribution >= 0.6 is 0 Å². The molecule has 1 fully saturated rings. The molecule has 0 aliphatic carbocycles. The first kappa shape index (κ1) is 14.0. The largest absolute Gasteiger partial charge is 0.368 e. The van der Waals surface area contributed by atoms with E-state index in [9.17, 15) is 0 Å². The second-order valence-corrected chi connectivity index (χ2v) is 5.68. The minimum atomic E-state index is 0.613. The van der Waals surface area contributed by atoms with Crippen molar-refractivity contribution in [3.8, 4) is 0 Å². The number of nitrogens with two attached hydrogens (primary N) is 1. The average molecular weight is 281 g/mol. The van der Waals surface area contributed by atoms with Crippen LogP contribution in [-0.2, 0) is 6.54 Å². The van der Waals surface area contributed by atoms with E-state index in [1.54, 1.807) is 0 Å². The Morgan fingerprint density at radius 2 is 1.19 bits per heavy atom. The SMILES string of the molecule is Cc1ccc(N2CCN(c3ccc(CN)cc3)CC2)cc1. The molecule has 1 saturated heterocycles. The highest BCUT2D eigenvalue weighted by atomic mass is 15.3. The van der Waals surface area contributed by atoms with Gasteiger partial charge in [0, 0.05) is 44.1 Å². The van der Waals surface area contributed by atoms with Gasteiger partial charge in [0.15, 0.2) is 0 Å². The molecule has 0 bridgehead atoms. The second kappa shape index (κ2) is 6.19. The molecular weight excluding hydrogens is 258 g/mol. The van der Waals surface area contributed by atoms with Gasteiger partial charge in [-0.3, -0.25) is 0 Å². The summed E-state index contributed by atoms with van der Waals surface area (Å²) in [7, 11) is 0. The standard InChI is InChI=1S/C18H23N3/c1-15-2-6-17(7-3-15)20-10-12-21(13-11-20)18-8-4-16(14-19)5-9-18/h2-9H,10-14,19H2,1H3. The lowest BCUT2D eigenvalue weighted by atomic mass is 10.1. The zero-order valence-corrected chi connectivity index (χ0v) is 12.6. The number of anilines is 2. The third-order valence-corrected chi connectivity index (χ3v) is 4.22. The zero-order chi connectivity index (χ0) is 14.7. The van der Waals surface area contributed by atoms with Crippen LogP contribution in [-0.4, -0.2) is 26.2 Å². The molecule has 1 aliphatic rings. The van der Waals surface area contributed by atoms with Gasteiger partial charge in [-0.25, -0.2) is 0 Å². The minimum absolute atomic E-state index is 0.613. The van der Waals surface area contributed by atoms with Crippen LogP contribution in [0.25, 0.3) is 0 Å². The van der Waals surface area contributed by atoms with Crippen molar-refractivity contribution < 1.29 is 0 Å². The summed E-state index contributed by atoms with van der Waals surface area (Å²) in [5, 5.41) is 0. The Bertz CT molecular complexity index is 566. The number of benzene rings is 2. The van der Waals surface area contributed by atoms with Crippen LogP contribution in [0.5, 0.6) is 0 Å². The molecule has 3 heteroatoms. The molecule has 2 aromatic carbocycles. The lowest BCUT2D eigenvalue weighted by Gasteiger charge is -2.37. The third-order valence-electron chi connectivity index (χ3n) is 4.22. The Balaban J connectivity index is 1.62. The summed E-state index contributed by atoms with van der Waals surface area (Å²) in [5.41, 5.74) is 10.8. The van der Waals surface area contributed by atoms with Crippen molar-refractivity contribution in [3.05, 3.63) is 59.7 Å². The molecule has 110 valence electrons. The molecule has 0 atom stereocenters. The molecule has 1 heterocycles. The fourth-order valence-electron chi connectivity index (χ4n) is 2.82. The van der Waals surface area contributed by atoms with Crippen LogP contribution < -0.4 is 15.5 Å². The van der Waals surface area contributed by atoms with Gasteiger partial charge in [0.05, 0.1) is 0 Å². The fourth-order valence-corrected chi connectivity index (χ4v) is 2.82. The monoisotopic (exact) mass is 281 g/mol. The zero-order valence-electron chi connectivity index (χ0n) is 12.6. The molecule has 0 aromatic heterocycles. The van der Waals surface area contributed by atoms with E-state index in [1.165, 1.54) is 22.5 Å².